The zero-order valence-electron chi connectivity index (χ0n) is 12.3. The Hall–Kier alpha value is -1.11. The van der Waals surface area contributed by atoms with Gasteiger partial charge in [0.05, 0.1) is 11.5 Å². The molecule has 2 rings (SSSR count). The van der Waals surface area contributed by atoms with Crippen molar-refractivity contribution in [2.45, 2.75) is 37.5 Å². The minimum Gasteiger partial charge on any atom is -0.494 e. The standard InChI is InChI=1S/C15H23NO4S/c1-2-15(8-9-15)12-16-21(18,19)14-6-4-13(5-7-14)20-11-3-10-17/h4-7,16-17H,2-3,8-12H2,1H3. The molecule has 5 nitrogen and oxygen atoms in total. The lowest BCUT2D eigenvalue weighted by molar-refractivity contribution is 0.233. The summed E-state index contributed by atoms with van der Waals surface area (Å²) in [5.41, 5.74) is 0.181. The van der Waals surface area contributed by atoms with Gasteiger partial charge in [-0.1, -0.05) is 6.92 Å². The van der Waals surface area contributed by atoms with Crippen LogP contribution in [0.1, 0.15) is 32.6 Å². The van der Waals surface area contributed by atoms with E-state index in [1.165, 1.54) is 0 Å². The highest BCUT2D eigenvalue weighted by molar-refractivity contribution is 7.89. The van der Waals surface area contributed by atoms with E-state index in [4.69, 9.17) is 9.84 Å². The van der Waals surface area contributed by atoms with Crippen molar-refractivity contribution in [3.63, 3.8) is 0 Å². The van der Waals surface area contributed by atoms with Gasteiger partial charge in [0.2, 0.25) is 10.0 Å². The summed E-state index contributed by atoms with van der Waals surface area (Å²) in [6, 6.07) is 6.36. The molecule has 1 aliphatic carbocycles. The lowest BCUT2D eigenvalue weighted by Crippen LogP contribution is -2.30. The molecule has 1 saturated carbocycles. The predicted molar refractivity (Wildman–Crippen MR) is 80.8 cm³/mol. The average molecular weight is 313 g/mol. The molecular formula is C15H23NO4S. The number of sulfonamides is 1. The summed E-state index contributed by atoms with van der Waals surface area (Å²) in [7, 11) is -3.45. The summed E-state index contributed by atoms with van der Waals surface area (Å²) in [6.45, 7) is 3.11. The molecule has 0 aromatic heterocycles. The summed E-state index contributed by atoms with van der Waals surface area (Å²) in [6.07, 6.45) is 3.77. The molecule has 6 heteroatoms. The van der Waals surface area contributed by atoms with Crippen LogP contribution in [0.25, 0.3) is 0 Å². The van der Waals surface area contributed by atoms with Crippen LogP contribution in [0.5, 0.6) is 5.75 Å². The molecule has 1 aliphatic rings. The Labute approximate surface area is 126 Å². The normalized spacial score (nSPS) is 16.7. The van der Waals surface area contributed by atoms with Crippen molar-refractivity contribution in [3.05, 3.63) is 24.3 Å². The number of aliphatic hydroxyl groups is 1. The number of aliphatic hydroxyl groups excluding tert-OH is 1. The number of ether oxygens (including phenoxy) is 1. The number of nitrogens with one attached hydrogen (secondary N) is 1. The zero-order valence-corrected chi connectivity index (χ0v) is 13.2. The minimum atomic E-state index is -3.45. The van der Waals surface area contributed by atoms with E-state index in [1.54, 1.807) is 24.3 Å². The van der Waals surface area contributed by atoms with E-state index >= 15 is 0 Å². The quantitative estimate of drug-likeness (QED) is 0.683. The fourth-order valence-electron chi connectivity index (χ4n) is 2.13. The summed E-state index contributed by atoms with van der Waals surface area (Å²) < 4.78 is 32.5. The second kappa shape index (κ2) is 6.77. The fraction of sp³-hybridized carbons (Fsp3) is 0.600. The van der Waals surface area contributed by atoms with Crippen LogP contribution in [0.3, 0.4) is 0 Å². The van der Waals surface area contributed by atoms with Gasteiger partial charge in [0, 0.05) is 19.6 Å². The first-order valence-electron chi connectivity index (χ1n) is 7.35. The molecule has 21 heavy (non-hydrogen) atoms. The smallest absolute Gasteiger partial charge is 0.240 e. The lowest BCUT2D eigenvalue weighted by Gasteiger charge is -2.14. The van der Waals surface area contributed by atoms with Gasteiger partial charge < -0.3 is 9.84 Å². The molecule has 0 spiro atoms. The zero-order chi connectivity index (χ0) is 15.3. The molecule has 0 amide bonds. The average Bonchev–Trinajstić information content (AvgIpc) is 3.27. The molecule has 0 radical (unpaired) electrons. The Morgan fingerprint density at radius 2 is 1.95 bits per heavy atom. The van der Waals surface area contributed by atoms with E-state index in [2.05, 4.69) is 11.6 Å². The highest BCUT2D eigenvalue weighted by Gasteiger charge is 2.41. The van der Waals surface area contributed by atoms with E-state index in [1.807, 2.05) is 0 Å². The van der Waals surface area contributed by atoms with E-state index in [0.29, 0.717) is 25.3 Å². The number of benzene rings is 1. The molecule has 1 aromatic rings. The summed E-state index contributed by atoms with van der Waals surface area (Å²) in [5.74, 6) is 0.606. The van der Waals surface area contributed by atoms with E-state index in [-0.39, 0.29) is 16.9 Å². The van der Waals surface area contributed by atoms with Gasteiger partial charge in [0.1, 0.15) is 5.75 Å². The maximum absolute atomic E-state index is 12.2. The number of hydrogen-bond acceptors (Lipinski definition) is 4. The van der Waals surface area contributed by atoms with Crippen LogP contribution < -0.4 is 9.46 Å². The van der Waals surface area contributed by atoms with Gasteiger partial charge in [-0.25, -0.2) is 13.1 Å². The Bertz CT molecular complexity index is 550. The van der Waals surface area contributed by atoms with Gasteiger partial charge in [-0.15, -0.1) is 0 Å². The maximum atomic E-state index is 12.2. The third kappa shape index (κ3) is 4.43. The molecule has 1 fully saturated rings. The van der Waals surface area contributed by atoms with E-state index in [0.717, 1.165) is 19.3 Å². The third-order valence-corrected chi connectivity index (χ3v) is 5.47. The van der Waals surface area contributed by atoms with Crippen molar-refractivity contribution in [1.82, 2.24) is 4.72 Å². The lowest BCUT2D eigenvalue weighted by atomic mass is 10.1. The molecule has 0 bridgehead atoms. The Balaban J connectivity index is 1.93. The Kier molecular flexibility index (Phi) is 5.24. The van der Waals surface area contributed by atoms with Crippen LogP contribution in [0.2, 0.25) is 0 Å². The Morgan fingerprint density at radius 1 is 1.29 bits per heavy atom. The van der Waals surface area contributed by atoms with Crippen molar-refractivity contribution in [3.8, 4) is 5.75 Å². The van der Waals surface area contributed by atoms with Crippen molar-refractivity contribution < 1.29 is 18.3 Å². The first-order chi connectivity index (χ1) is 10.0. The van der Waals surface area contributed by atoms with Crippen LogP contribution in [0.15, 0.2) is 29.2 Å². The first-order valence-corrected chi connectivity index (χ1v) is 8.83. The molecule has 2 N–H and O–H groups in total. The topological polar surface area (TPSA) is 75.6 Å². The monoisotopic (exact) mass is 313 g/mol. The van der Waals surface area contributed by atoms with Gasteiger partial charge in [-0.05, 0) is 48.9 Å². The third-order valence-electron chi connectivity index (χ3n) is 4.05. The van der Waals surface area contributed by atoms with Gasteiger partial charge in [0.15, 0.2) is 0 Å². The van der Waals surface area contributed by atoms with Gasteiger partial charge in [-0.3, -0.25) is 0 Å². The van der Waals surface area contributed by atoms with Crippen LogP contribution >= 0.6 is 0 Å². The predicted octanol–water partition coefficient (Wildman–Crippen LogP) is 1.92. The number of hydrogen-bond donors (Lipinski definition) is 2. The molecule has 0 unspecified atom stereocenters. The van der Waals surface area contributed by atoms with E-state index < -0.39 is 10.0 Å². The van der Waals surface area contributed by atoms with Gasteiger partial charge >= 0.3 is 0 Å². The molecular weight excluding hydrogens is 290 g/mol. The molecule has 0 atom stereocenters. The molecule has 0 saturated heterocycles. The highest BCUT2D eigenvalue weighted by Crippen LogP contribution is 2.48. The second-order valence-electron chi connectivity index (χ2n) is 5.58. The van der Waals surface area contributed by atoms with Crippen LogP contribution in [0.4, 0.5) is 0 Å². The minimum absolute atomic E-state index is 0.0789. The first kappa shape index (κ1) is 16.3. The van der Waals surface area contributed by atoms with Crippen molar-refractivity contribution in [2.75, 3.05) is 19.8 Å². The van der Waals surface area contributed by atoms with Crippen LogP contribution in [-0.4, -0.2) is 33.3 Å². The largest absolute Gasteiger partial charge is 0.494 e. The van der Waals surface area contributed by atoms with Gasteiger partial charge in [0.25, 0.3) is 0 Å². The summed E-state index contributed by atoms with van der Waals surface area (Å²) in [5, 5.41) is 8.68. The van der Waals surface area contributed by atoms with Gasteiger partial charge in [-0.2, -0.15) is 0 Å². The van der Waals surface area contributed by atoms with Crippen molar-refractivity contribution in [2.24, 2.45) is 5.41 Å². The van der Waals surface area contributed by atoms with Crippen molar-refractivity contribution in [1.29, 1.82) is 0 Å². The van der Waals surface area contributed by atoms with Crippen LogP contribution in [-0.2, 0) is 10.0 Å². The molecule has 0 heterocycles. The number of rotatable bonds is 9. The summed E-state index contributed by atoms with van der Waals surface area (Å²) in [4.78, 5) is 0.254. The molecule has 0 aliphatic heterocycles. The Morgan fingerprint density at radius 3 is 2.48 bits per heavy atom. The SMILES string of the molecule is CCC1(CNS(=O)(=O)c2ccc(OCCCO)cc2)CC1. The highest BCUT2D eigenvalue weighted by atomic mass is 32.2. The summed E-state index contributed by atoms with van der Waals surface area (Å²) >= 11 is 0. The van der Waals surface area contributed by atoms with E-state index in [9.17, 15) is 8.42 Å². The second-order valence-corrected chi connectivity index (χ2v) is 7.34. The molecule has 118 valence electrons. The van der Waals surface area contributed by atoms with Crippen LogP contribution in [0, 0.1) is 5.41 Å². The van der Waals surface area contributed by atoms with Crippen molar-refractivity contribution >= 4 is 10.0 Å². The maximum Gasteiger partial charge on any atom is 0.240 e. The fourth-order valence-corrected chi connectivity index (χ4v) is 3.29. The molecule has 1 aromatic carbocycles.